The minimum atomic E-state index is -0.528. The summed E-state index contributed by atoms with van der Waals surface area (Å²) in [5.41, 5.74) is 7.08. The first kappa shape index (κ1) is 26.0. The van der Waals surface area contributed by atoms with Crippen LogP contribution in [0.25, 0.3) is 16.6 Å². The number of carbonyl (C=O) groups excluding carboxylic acids is 1. The fourth-order valence-corrected chi connectivity index (χ4v) is 4.01. The molecule has 4 rings (SSSR count). The zero-order chi connectivity index (χ0) is 26.2. The lowest BCUT2D eigenvalue weighted by Gasteiger charge is -2.18. The standard InChI is InChI=1S/C26H30FN7O3/c1-2-33(10-11-35)9-4-12-37-21-7-8-22-23(16-21)29-17-30-26(22)31-25-15-20(14-24(28)36)34(32-25)19-6-3-5-18(27)13-19/h3,5-8,13,15-17,35H,2,4,9-12,14H2,1H3,(H2,28,36)(H,29,30,31,32). The predicted octanol–water partition coefficient (Wildman–Crippen LogP) is 2.81. The number of amides is 1. The first-order valence-corrected chi connectivity index (χ1v) is 12.1. The number of carbonyl (C=O) groups is 1. The Morgan fingerprint density at radius 2 is 2.05 bits per heavy atom. The smallest absolute Gasteiger partial charge is 0.223 e. The zero-order valence-corrected chi connectivity index (χ0v) is 20.6. The van der Waals surface area contributed by atoms with Gasteiger partial charge in [-0.15, -0.1) is 5.10 Å². The fraction of sp³-hybridized carbons (Fsp3) is 0.308. The van der Waals surface area contributed by atoms with Gasteiger partial charge in [-0.1, -0.05) is 13.0 Å². The number of hydrogen-bond donors (Lipinski definition) is 3. The Balaban J connectivity index is 1.50. The van der Waals surface area contributed by atoms with Gasteiger partial charge >= 0.3 is 0 Å². The van der Waals surface area contributed by atoms with Crippen LogP contribution < -0.4 is 15.8 Å². The summed E-state index contributed by atoms with van der Waals surface area (Å²) in [5.74, 6) is 0.694. The van der Waals surface area contributed by atoms with Crippen LogP contribution in [0.4, 0.5) is 16.0 Å². The van der Waals surface area contributed by atoms with Gasteiger partial charge in [-0.25, -0.2) is 19.0 Å². The predicted molar refractivity (Wildman–Crippen MR) is 139 cm³/mol. The number of aliphatic hydroxyl groups excluding tert-OH is 1. The Morgan fingerprint density at radius 1 is 1.19 bits per heavy atom. The maximum atomic E-state index is 13.8. The minimum absolute atomic E-state index is 0.0631. The highest BCUT2D eigenvalue weighted by molar-refractivity contribution is 5.91. The lowest BCUT2D eigenvalue weighted by atomic mass is 10.2. The van der Waals surface area contributed by atoms with Crippen molar-refractivity contribution in [3.8, 4) is 11.4 Å². The highest BCUT2D eigenvalue weighted by Crippen LogP contribution is 2.27. The van der Waals surface area contributed by atoms with E-state index in [9.17, 15) is 9.18 Å². The first-order valence-electron chi connectivity index (χ1n) is 12.1. The zero-order valence-electron chi connectivity index (χ0n) is 20.6. The monoisotopic (exact) mass is 507 g/mol. The van der Waals surface area contributed by atoms with Crippen molar-refractivity contribution in [2.75, 3.05) is 38.2 Å². The van der Waals surface area contributed by atoms with Crippen molar-refractivity contribution in [1.29, 1.82) is 0 Å². The second-order valence-corrected chi connectivity index (χ2v) is 8.44. The number of ether oxygens (including phenoxy) is 1. The molecule has 0 aliphatic carbocycles. The summed E-state index contributed by atoms with van der Waals surface area (Å²) in [7, 11) is 0. The Morgan fingerprint density at radius 3 is 2.81 bits per heavy atom. The molecule has 0 saturated carbocycles. The number of nitrogens with zero attached hydrogens (tertiary/aromatic N) is 5. The molecule has 37 heavy (non-hydrogen) atoms. The van der Waals surface area contributed by atoms with Gasteiger partial charge in [0.05, 0.1) is 36.5 Å². The van der Waals surface area contributed by atoms with Crippen molar-refractivity contribution in [2.45, 2.75) is 19.8 Å². The molecule has 2 heterocycles. The largest absolute Gasteiger partial charge is 0.493 e. The highest BCUT2D eigenvalue weighted by atomic mass is 19.1. The van der Waals surface area contributed by atoms with Gasteiger partial charge in [0.15, 0.2) is 5.82 Å². The maximum Gasteiger partial charge on any atom is 0.223 e. The Labute approximate surface area is 213 Å². The van der Waals surface area contributed by atoms with Crippen molar-refractivity contribution in [2.24, 2.45) is 5.73 Å². The van der Waals surface area contributed by atoms with Gasteiger partial charge < -0.3 is 25.8 Å². The molecule has 2 aromatic carbocycles. The number of hydrogen-bond acceptors (Lipinski definition) is 8. The normalized spacial score (nSPS) is 11.2. The number of benzene rings is 2. The van der Waals surface area contributed by atoms with E-state index in [2.05, 4.69) is 32.2 Å². The van der Waals surface area contributed by atoms with Crippen LogP contribution in [0.5, 0.6) is 5.75 Å². The van der Waals surface area contributed by atoms with Gasteiger partial charge in [0.25, 0.3) is 0 Å². The Hall–Kier alpha value is -4.09. The molecule has 4 aromatic rings. The Kier molecular flexibility index (Phi) is 8.60. The topological polar surface area (TPSA) is 131 Å². The van der Waals surface area contributed by atoms with Gasteiger partial charge in [0, 0.05) is 30.6 Å². The maximum absolute atomic E-state index is 13.8. The van der Waals surface area contributed by atoms with Crippen LogP contribution in [0, 0.1) is 5.82 Å². The summed E-state index contributed by atoms with van der Waals surface area (Å²) >= 11 is 0. The van der Waals surface area contributed by atoms with Crippen LogP contribution in [0.2, 0.25) is 0 Å². The highest BCUT2D eigenvalue weighted by Gasteiger charge is 2.14. The van der Waals surface area contributed by atoms with Crippen molar-refractivity contribution < 1.29 is 19.0 Å². The SMILES string of the molecule is CCN(CCO)CCCOc1ccc2c(Nc3cc(CC(N)=O)n(-c4cccc(F)c4)n3)ncnc2c1. The molecule has 4 N–H and O–H groups in total. The average molecular weight is 508 g/mol. The number of nitrogens with two attached hydrogens (primary N) is 1. The number of nitrogens with one attached hydrogen (secondary N) is 1. The van der Waals surface area contributed by atoms with Crippen LogP contribution in [-0.2, 0) is 11.2 Å². The van der Waals surface area contributed by atoms with Crippen LogP contribution >= 0.6 is 0 Å². The summed E-state index contributed by atoms with van der Waals surface area (Å²) in [5, 5.41) is 17.5. The van der Waals surface area contributed by atoms with E-state index < -0.39 is 11.7 Å². The van der Waals surface area contributed by atoms with Crippen molar-refractivity contribution in [1.82, 2.24) is 24.6 Å². The molecule has 1 amide bonds. The van der Waals surface area contributed by atoms with Crippen LogP contribution in [-0.4, -0.2) is 68.5 Å². The minimum Gasteiger partial charge on any atom is -0.493 e. The van der Waals surface area contributed by atoms with Crippen molar-refractivity contribution in [3.63, 3.8) is 0 Å². The molecule has 11 heteroatoms. The number of rotatable bonds is 13. The van der Waals surface area contributed by atoms with Crippen LogP contribution in [0.3, 0.4) is 0 Å². The molecular formula is C26H30FN7O3. The molecule has 2 aromatic heterocycles. The number of halogens is 1. The molecule has 0 atom stereocenters. The van der Waals surface area contributed by atoms with E-state index in [0.29, 0.717) is 47.4 Å². The molecular weight excluding hydrogens is 477 g/mol. The average Bonchev–Trinajstić information content (AvgIpc) is 3.27. The quantitative estimate of drug-likeness (QED) is 0.236. The van der Waals surface area contributed by atoms with Gasteiger partial charge in [0.1, 0.15) is 23.7 Å². The molecule has 0 saturated heterocycles. The second-order valence-electron chi connectivity index (χ2n) is 8.44. The second kappa shape index (κ2) is 12.2. The van der Waals surface area contributed by atoms with Gasteiger partial charge in [-0.05, 0) is 43.3 Å². The fourth-order valence-electron chi connectivity index (χ4n) is 4.01. The number of likely N-dealkylation sites (N-methyl/N-ethyl adjacent to an activating group) is 1. The lowest BCUT2D eigenvalue weighted by Crippen LogP contribution is -2.28. The number of primary amides is 1. The number of anilines is 2. The van der Waals surface area contributed by atoms with Gasteiger partial charge in [-0.2, -0.15) is 0 Å². The summed E-state index contributed by atoms with van der Waals surface area (Å²) in [6.45, 7) is 5.14. The molecule has 194 valence electrons. The van der Waals surface area contributed by atoms with Gasteiger partial charge in [-0.3, -0.25) is 4.79 Å². The van der Waals surface area contributed by atoms with E-state index in [-0.39, 0.29) is 13.0 Å². The van der Waals surface area contributed by atoms with Crippen LogP contribution in [0.1, 0.15) is 19.0 Å². The summed E-state index contributed by atoms with van der Waals surface area (Å²) in [6, 6.07) is 13.2. The molecule has 0 fully saturated rings. The molecule has 0 spiro atoms. The molecule has 0 radical (unpaired) electrons. The third kappa shape index (κ3) is 6.78. The third-order valence-electron chi connectivity index (χ3n) is 5.80. The van der Waals surface area contributed by atoms with E-state index in [1.54, 1.807) is 18.2 Å². The lowest BCUT2D eigenvalue weighted by molar-refractivity contribution is -0.117. The van der Waals surface area contributed by atoms with E-state index in [0.717, 1.165) is 24.9 Å². The summed E-state index contributed by atoms with van der Waals surface area (Å²) < 4.78 is 21.2. The number of aliphatic hydroxyl groups is 1. The molecule has 0 aliphatic heterocycles. The molecule has 0 bridgehead atoms. The van der Waals surface area contributed by atoms with Crippen LogP contribution in [0.15, 0.2) is 54.9 Å². The van der Waals surface area contributed by atoms with Gasteiger partial charge in [0.2, 0.25) is 5.91 Å². The summed E-state index contributed by atoms with van der Waals surface area (Å²) in [6.07, 6.45) is 2.22. The van der Waals surface area contributed by atoms with Crippen molar-refractivity contribution >= 4 is 28.4 Å². The molecule has 0 aliphatic rings. The number of fused-ring (bicyclic) bond motifs is 1. The van der Waals surface area contributed by atoms with E-state index >= 15 is 0 Å². The first-order chi connectivity index (χ1) is 18.0. The number of aromatic nitrogens is 4. The van der Waals surface area contributed by atoms with E-state index in [1.165, 1.54) is 23.1 Å². The summed E-state index contributed by atoms with van der Waals surface area (Å²) in [4.78, 5) is 22.5. The molecule has 0 unspecified atom stereocenters. The third-order valence-corrected chi connectivity index (χ3v) is 5.80. The molecule has 10 nitrogen and oxygen atoms in total. The van der Waals surface area contributed by atoms with E-state index in [4.69, 9.17) is 15.6 Å². The van der Waals surface area contributed by atoms with E-state index in [1.807, 2.05) is 18.2 Å². The van der Waals surface area contributed by atoms with Crippen molar-refractivity contribution in [3.05, 3.63) is 66.4 Å². The Bertz CT molecular complexity index is 1360.